The second-order valence-corrected chi connectivity index (χ2v) is 14.7. The highest BCUT2D eigenvalue weighted by Crippen LogP contribution is 2.70. The van der Waals surface area contributed by atoms with Crippen molar-refractivity contribution in [2.75, 3.05) is 20.7 Å². The number of nitrogens with zero attached hydrogens (tertiary/aromatic N) is 1. The zero-order chi connectivity index (χ0) is 27.0. The molecule has 1 spiro atoms. The van der Waals surface area contributed by atoms with Gasteiger partial charge in [-0.25, -0.2) is 0 Å². The lowest BCUT2D eigenvalue weighted by molar-refractivity contribution is -0.272. The third-order valence-corrected chi connectivity index (χ3v) is 12.5. The fourth-order valence-corrected chi connectivity index (χ4v) is 10.4. The summed E-state index contributed by atoms with van der Waals surface area (Å²) in [4.78, 5) is 26.0. The van der Waals surface area contributed by atoms with Crippen LogP contribution >= 0.6 is 0 Å². The first-order chi connectivity index (χ1) is 18.0. The minimum absolute atomic E-state index is 0.0566. The van der Waals surface area contributed by atoms with Crippen LogP contribution in [0.3, 0.4) is 0 Å². The lowest BCUT2D eigenvalue weighted by Crippen LogP contribution is -2.53. The van der Waals surface area contributed by atoms with Crippen LogP contribution in [-0.2, 0) is 19.1 Å². The van der Waals surface area contributed by atoms with E-state index in [1.165, 1.54) is 37.0 Å². The second-order valence-electron chi connectivity index (χ2n) is 14.7. The Balaban J connectivity index is 1.15. The molecule has 11 atom stereocenters. The summed E-state index contributed by atoms with van der Waals surface area (Å²) < 4.78 is 13.4. The molecule has 6 heteroatoms. The number of ether oxygens (including phenoxy) is 2. The Morgan fingerprint density at radius 2 is 1.87 bits per heavy atom. The molecule has 2 saturated heterocycles. The van der Waals surface area contributed by atoms with E-state index in [4.69, 9.17) is 9.47 Å². The van der Waals surface area contributed by atoms with Crippen molar-refractivity contribution in [3.63, 3.8) is 0 Å². The third-order valence-electron chi connectivity index (χ3n) is 12.5. The van der Waals surface area contributed by atoms with Gasteiger partial charge in [0, 0.05) is 32.5 Å². The first kappa shape index (κ1) is 26.8. The van der Waals surface area contributed by atoms with Crippen molar-refractivity contribution in [2.45, 2.75) is 110 Å². The van der Waals surface area contributed by atoms with Gasteiger partial charge in [-0.3, -0.25) is 9.59 Å². The van der Waals surface area contributed by atoms with E-state index >= 15 is 0 Å². The molecule has 2 heterocycles. The Morgan fingerprint density at radius 3 is 2.58 bits per heavy atom. The van der Waals surface area contributed by atoms with Crippen LogP contribution in [0, 0.1) is 46.3 Å². The molecule has 0 aromatic heterocycles. The van der Waals surface area contributed by atoms with Crippen LogP contribution in [0.1, 0.15) is 91.9 Å². The summed E-state index contributed by atoms with van der Waals surface area (Å²) in [6.45, 7) is 10.7. The van der Waals surface area contributed by atoms with E-state index < -0.39 is 0 Å². The Bertz CT molecular complexity index is 999. The molecule has 0 aromatic carbocycles. The van der Waals surface area contributed by atoms with Crippen LogP contribution in [0.25, 0.3) is 0 Å². The summed E-state index contributed by atoms with van der Waals surface area (Å²) in [5.74, 6) is 3.29. The van der Waals surface area contributed by atoms with Gasteiger partial charge < -0.3 is 19.7 Å². The molecule has 6 aliphatic rings. The number of rotatable bonds is 3. The smallest absolute Gasteiger partial charge is 0.231 e. The quantitative estimate of drug-likeness (QED) is 0.399. The van der Waals surface area contributed by atoms with Gasteiger partial charge in [0.1, 0.15) is 6.42 Å². The molecular weight excluding hydrogens is 476 g/mol. The van der Waals surface area contributed by atoms with Crippen molar-refractivity contribution in [3.05, 3.63) is 11.6 Å². The zero-order valence-electron chi connectivity index (χ0n) is 24.6. The molecular formula is C32H50N2O4. The van der Waals surface area contributed by atoms with E-state index in [0.717, 1.165) is 50.0 Å². The van der Waals surface area contributed by atoms with E-state index in [1.807, 2.05) is 0 Å². The van der Waals surface area contributed by atoms with Gasteiger partial charge in [0.05, 0.1) is 12.7 Å². The summed E-state index contributed by atoms with van der Waals surface area (Å²) in [7, 11) is 3.40. The summed E-state index contributed by atoms with van der Waals surface area (Å²) in [6, 6.07) is 0.150. The Morgan fingerprint density at radius 1 is 1.08 bits per heavy atom. The first-order valence-electron chi connectivity index (χ1n) is 15.5. The molecule has 4 aliphatic carbocycles. The maximum atomic E-state index is 12.5. The number of allylic oxidation sites excluding steroid dienone is 1. The van der Waals surface area contributed by atoms with Crippen molar-refractivity contribution >= 4 is 11.8 Å². The van der Waals surface area contributed by atoms with Gasteiger partial charge in [-0.05, 0) is 91.8 Å². The fraction of sp³-hybridized carbons (Fsp3) is 0.875. The van der Waals surface area contributed by atoms with Gasteiger partial charge in [-0.1, -0.05) is 39.3 Å². The average molecular weight is 527 g/mol. The lowest BCUT2D eigenvalue weighted by atomic mass is 9.46. The monoisotopic (exact) mass is 526 g/mol. The number of carbonyl (C=O) groups is 2. The van der Waals surface area contributed by atoms with Crippen LogP contribution in [0.5, 0.6) is 0 Å². The van der Waals surface area contributed by atoms with Gasteiger partial charge in [0.2, 0.25) is 11.8 Å². The predicted molar refractivity (Wildman–Crippen MR) is 147 cm³/mol. The maximum absolute atomic E-state index is 12.5. The largest absolute Gasteiger partial charge is 0.353 e. The third kappa shape index (κ3) is 4.02. The maximum Gasteiger partial charge on any atom is 0.231 e. The van der Waals surface area contributed by atoms with E-state index in [9.17, 15) is 9.59 Å². The lowest BCUT2D eigenvalue weighted by Gasteiger charge is -2.58. The van der Waals surface area contributed by atoms with Crippen LogP contribution in [0.4, 0.5) is 0 Å². The van der Waals surface area contributed by atoms with Gasteiger partial charge >= 0.3 is 0 Å². The normalized spacial score (nSPS) is 49.4. The molecule has 212 valence electrons. The minimum Gasteiger partial charge on any atom is -0.353 e. The standard InChI is InChI=1S/C32H50N2O4/c1-19-9-14-32(37-18-19)20(2)29-26(38-32)16-25-23-8-7-21-15-22(33-27(35)17-28(36)34(5)6)10-12-30(21,3)24(23)11-13-31(25,29)4/h7,19-20,22-26,29H,8-18H2,1-6H3,(H,33,35)/t19-,20+,22+,23-,24+,25+,26+,29+,30+,31+,32-/m1/s1. The molecule has 0 radical (unpaired) electrons. The SMILES string of the molecule is C[C@@H]1CC[C@@]2(OC1)O[C@H]1C[C@H]3[C@@H]4CC=C5C[C@@H](NC(=O)CC(=O)N(C)C)CC[C@]5(C)[C@H]4CC[C@]3(C)[C@H]1[C@@H]2C. The van der Waals surface area contributed by atoms with E-state index in [-0.39, 0.29) is 35.5 Å². The topological polar surface area (TPSA) is 67.9 Å². The van der Waals surface area contributed by atoms with Crippen LogP contribution in [0.15, 0.2) is 11.6 Å². The minimum atomic E-state index is -0.335. The van der Waals surface area contributed by atoms with E-state index in [1.54, 1.807) is 19.7 Å². The zero-order valence-corrected chi connectivity index (χ0v) is 24.6. The molecule has 1 N–H and O–H groups in total. The number of amides is 2. The van der Waals surface area contributed by atoms with Crippen LogP contribution < -0.4 is 5.32 Å². The molecule has 0 aromatic rings. The molecule has 3 saturated carbocycles. The molecule has 38 heavy (non-hydrogen) atoms. The van der Waals surface area contributed by atoms with Gasteiger partial charge in [0.25, 0.3) is 0 Å². The molecule has 2 aliphatic heterocycles. The van der Waals surface area contributed by atoms with E-state index in [2.05, 4.69) is 39.1 Å². The predicted octanol–water partition coefficient (Wildman–Crippen LogP) is 5.32. The number of carbonyl (C=O) groups excluding carboxylic acids is 2. The Labute approximate surface area is 229 Å². The number of nitrogens with one attached hydrogen (secondary N) is 1. The highest BCUT2D eigenvalue weighted by molar-refractivity contribution is 5.96. The van der Waals surface area contributed by atoms with Crippen molar-refractivity contribution in [2.24, 2.45) is 46.3 Å². The van der Waals surface area contributed by atoms with Crippen LogP contribution in [-0.4, -0.2) is 55.3 Å². The number of hydrogen-bond acceptors (Lipinski definition) is 4. The molecule has 6 nitrogen and oxygen atoms in total. The van der Waals surface area contributed by atoms with E-state index in [0.29, 0.717) is 29.3 Å². The van der Waals surface area contributed by atoms with Crippen LogP contribution in [0.2, 0.25) is 0 Å². The highest BCUT2D eigenvalue weighted by Gasteiger charge is 2.68. The highest BCUT2D eigenvalue weighted by atomic mass is 16.7. The number of fused-ring (bicyclic) bond motifs is 7. The van der Waals surface area contributed by atoms with Crippen molar-refractivity contribution in [1.29, 1.82) is 0 Å². The second kappa shape index (κ2) is 9.33. The first-order valence-corrected chi connectivity index (χ1v) is 15.5. The Kier molecular flexibility index (Phi) is 6.58. The molecule has 2 amide bonds. The summed E-state index contributed by atoms with van der Waals surface area (Å²) >= 11 is 0. The Hall–Kier alpha value is -1.40. The van der Waals surface area contributed by atoms with Crippen molar-refractivity contribution < 1.29 is 19.1 Å². The van der Waals surface area contributed by atoms with Crippen molar-refractivity contribution in [1.82, 2.24) is 10.2 Å². The molecule has 0 bridgehead atoms. The summed E-state index contributed by atoms with van der Waals surface area (Å²) in [5, 5.41) is 3.18. The van der Waals surface area contributed by atoms with Gasteiger partial charge in [-0.15, -0.1) is 0 Å². The van der Waals surface area contributed by atoms with Gasteiger partial charge in [-0.2, -0.15) is 0 Å². The molecule has 5 fully saturated rings. The van der Waals surface area contributed by atoms with Gasteiger partial charge in [0.15, 0.2) is 5.79 Å². The molecule has 0 unspecified atom stereocenters. The average Bonchev–Trinajstić information content (AvgIpc) is 3.31. The number of hydrogen-bond donors (Lipinski definition) is 1. The summed E-state index contributed by atoms with van der Waals surface area (Å²) in [5.41, 5.74) is 2.13. The summed E-state index contributed by atoms with van der Waals surface area (Å²) in [6.07, 6.45) is 13.2. The molecule has 6 rings (SSSR count). The fourth-order valence-electron chi connectivity index (χ4n) is 10.4. The van der Waals surface area contributed by atoms with Crippen molar-refractivity contribution in [3.8, 4) is 0 Å².